The van der Waals surface area contributed by atoms with Gasteiger partial charge in [0, 0.05) is 49.5 Å². The first kappa shape index (κ1) is 11.3. The zero-order valence-corrected chi connectivity index (χ0v) is 10.6. The fourth-order valence-electron chi connectivity index (χ4n) is 2.72. The van der Waals surface area contributed by atoms with Gasteiger partial charge in [-0.05, 0) is 30.2 Å². The van der Waals surface area contributed by atoms with Gasteiger partial charge >= 0.3 is 0 Å². The first-order valence-electron chi connectivity index (χ1n) is 6.29. The summed E-state index contributed by atoms with van der Waals surface area (Å²) in [6.07, 6.45) is 1.10. The zero-order valence-electron chi connectivity index (χ0n) is 9.88. The van der Waals surface area contributed by atoms with Crippen LogP contribution in [0.2, 0.25) is 5.02 Å². The Morgan fingerprint density at radius 1 is 1.29 bits per heavy atom. The molecule has 2 aliphatic heterocycles. The lowest BCUT2D eigenvalue weighted by atomic mass is 10.1. The number of hydrogen-bond acceptors (Lipinski definition) is 3. The fourth-order valence-corrected chi connectivity index (χ4v) is 2.92. The molecule has 0 aromatic heterocycles. The smallest absolute Gasteiger partial charge is 0.0429 e. The largest absolute Gasteiger partial charge is 0.380 e. The van der Waals surface area contributed by atoms with Gasteiger partial charge in [0.25, 0.3) is 0 Å². The molecule has 1 atom stereocenters. The van der Waals surface area contributed by atoms with Crippen molar-refractivity contribution in [3.8, 4) is 0 Å². The molecule has 0 amide bonds. The van der Waals surface area contributed by atoms with E-state index in [1.54, 1.807) is 0 Å². The number of benzene rings is 1. The average molecular weight is 252 g/mol. The van der Waals surface area contributed by atoms with Crippen LogP contribution in [-0.4, -0.2) is 43.7 Å². The second-order valence-electron chi connectivity index (χ2n) is 4.90. The predicted molar refractivity (Wildman–Crippen MR) is 71.9 cm³/mol. The van der Waals surface area contributed by atoms with Crippen LogP contribution in [0.4, 0.5) is 5.69 Å². The Labute approximate surface area is 107 Å². The maximum absolute atomic E-state index is 6.02. The van der Waals surface area contributed by atoms with Crippen molar-refractivity contribution >= 4 is 17.3 Å². The number of rotatable bonds is 2. The van der Waals surface area contributed by atoms with Gasteiger partial charge in [0.05, 0.1) is 0 Å². The Hall–Kier alpha value is -0.770. The Morgan fingerprint density at radius 2 is 2.12 bits per heavy atom. The fraction of sp³-hybridized carbons (Fsp3) is 0.538. The van der Waals surface area contributed by atoms with Gasteiger partial charge < -0.3 is 10.6 Å². The van der Waals surface area contributed by atoms with Crippen molar-refractivity contribution in [2.24, 2.45) is 0 Å². The molecule has 1 aromatic carbocycles. The van der Waals surface area contributed by atoms with Crippen molar-refractivity contribution in [2.75, 3.05) is 38.0 Å². The van der Waals surface area contributed by atoms with Crippen LogP contribution < -0.4 is 10.6 Å². The summed E-state index contributed by atoms with van der Waals surface area (Å²) in [5.74, 6) is 0. The first-order valence-corrected chi connectivity index (χ1v) is 6.67. The molecule has 1 unspecified atom stereocenters. The molecular weight excluding hydrogens is 234 g/mol. The summed E-state index contributed by atoms with van der Waals surface area (Å²) in [5, 5.41) is 7.81. The SMILES string of the molecule is Clc1ccc2c(c1)CC(CN1CCNCC1)N2. The predicted octanol–water partition coefficient (Wildman–Crippen LogP) is 1.58. The molecule has 0 saturated carbocycles. The standard InChI is InChI=1S/C13H18ClN3/c14-11-1-2-13-10(7-11)8-12(16-13)9-17-5-3-15-4-6-17/h1-2,7,12,15-16H,3-6,8-9H2. The Balaban J connectivity index is 1.61. The molecule has 0 radical (unpaired) electrons. The van der Waals surface area contributed by atoms with Crippen LogP contribution in [0.25, 0.3) is 0 Å². The lowest BCUT2D eigenvalue weighted by molar-refractivity contribution is 0.233. The second-order valence-corrected chi connectivity index (χ2v) is 5.33. The molecule has 1 saturated heterocycles. The molecule has 3 rings (SSSR count). The minimum absolute atomic E-state index is 0.543. The van der Waals surface area contributed by atoms with Gasteiger partial charge in [0.2, 0.25) is 0 Å². The lowest BCUT2D eigenvalue weighted by Crippen LogP contribution is -2.47. The third kappa shape index (κ3) is 2.57. The maximum atomic E-state index is 6.02. The molecule has 1 aromatic rings. The van der Waals surface area contributed by atoms with Gasteiger partial charge in [0.1, 0.15) is 0 Å². The third-order valence-corrected chi connectivity index (χ3v) is 3.82. The summed E-state index contributed by atoms with van der Waals surface area (Å²) >= 11 is 6.02. The monoisotopic (exact) mass is 251 g/mol. The van der Waals surface area contributed by atoms with Crippen molar-refractivity contribution in [1.82, 2.24) is 10.2 Å². The van der Waals surface area contributed by atoms with Gasteiger partial charge in [-0.3, -0.25) is 4.90 Å². The normalized spacial score (nSPS) is 24.4. The molecule has 17 heavy (non-hydrogen) atoms. The highest BCUT2D eigenvalue weighted by Crippen LogP contribution is 2.28. The molecule has 2 N–H and O–H groups in total. The maximum Gasteiger partial charge on any atom is 0.0429 e. The van der Waals surface area contributed by atoms with Crippen molar-refractivity contribution in [3.63, 3.8) is 0 Å². The molecule has 92 valence electrons. The summed E-state index contributed by atoms with van der Waals surface area (Å²) in [6, 6.07) is 6.68. The summed E-state index contributed by atoms with van der Waals surface area (Å²) in [6.45, 7) is 5.69. The highest BCUT2D eigenvalue weighted by Gasteiger charge is 2.23. The van der Waals surface area contributed by atoms with Gasteiger partial charge in [-0.2, -0.15) is 0 Å². The molecule has 0 bridgehead atoms. The number of nitrogens with zero attached hydrogens (tertiary/aromatic N) is 1. The second kappa shape index (κ2) is 4.84. The molecule has 2 aliphatic rings. The van der Waals surface area contributed by atoms with E-state index in [0.29, 0.717) is 6.04 Å². The molecule has 3 nitrogen and oxygen atoms in total. The van der Waals surface area contributed by atoms with Gasteiger partial charge in [0.15, 0.2) is 0 Å². The number of halogens is 1. The molecule has 1 fully saturated rings. The lowest BCUT2D eigenvalue weighted by Gasteiger charge is -2.29. The Bertz CT molecular complexity index is 402. The minimum atomic E-state index is 0.543. The van der Waals surface area contributed by atoms with E-state index in [0.717, 1.165) is 44.2 Å². The van der Waals surface area contributed by atoms with Crippen LogP contribution in [0.3, 0.4) is 0 Å². The number of anilines is 1. The number of hydrogen-bond donors (Lipinski definition) is 2. The van der Waals surface area contributed by atoms with Crippen LogP contribution in [-0.2, 0) is 6.42 Å². The van der Waals surface area contributed by atoms with E-state index in [1.165, 1.54) is 11.3 Å². The quantitative estimate of drug-likeness (QED) is 0.836. The molecule has 0 spiro atoms. The molecule has 2 heterocycles. The van der Waals surface area contributed by atoms with Gasteiger partial charge in [-0.1, -0.05) is 11.6 Å². The van der Waals surface area contributed by atoms with E-state index in [9.17, 15) is 0 Å². The van der Waals surface area contributed by atoms with Crippen LogP contribution >= 0.6 is 11.6 Å². The Morgan fingerprint density at radius 3 is 2.94 bits per heavy atom. The van der Waals surface area contributed by atoms with E-state index in [1.807, 2.05) is 6.07 Å². The topological polar surface area (TPSA) is 27.3 Å². The van der Waals surface area contributed by atoms with E-state index in [4.69, 9.17) is 11.6 Å². The van der Waals surface area contributed by atoms with Crippen LogP contribution in [0.5, 0.6) is 0 Å². The molecule has 4 heteroatoms. The van der Waals surface area contributed by atoms with Crippen molar-refractivity contribution < 1.29 is 0 Å². The molecular formula is C13H18ClN3. The highest BCUT2D eigenvalue weighted by molar-refractivity contribution is 6.30. The summed E-state index contributed by atoms with van der Waals surface area (Å²) in [5.41, 5.74) is 2.62. The Kier molecular flexibility index (Phi) is 3.23. The van der Waals surface area contributed by atoms with Crippen molar-refractivity contribution in [1.29, 1.82) is 0 Å². The van der Waals surface area contributed by atoms with Crippen molar-refractivity contribution in [3.05, 3.63) is 28.8 Å². The number of fused-ring (bicyclic) bond motifs is 1. The van der Waals surface area contributed by atoms with E-state index in [-0.39, 0.29) is 0 Å². The van der Waals surface area contributed by atoms with Crippen LogP contribution in [0.1, 0.15) is 5.56 Å². The average Bonchev–Trinajstić information content (AvgIpc) is 2.71. The number of nitrogens with one attached hydrogen (secondary N) is 2. The summed E-state index contributed by atoms with van der Waals surface area (Å²) in [4.78, 5) is 2.53. The summed E-state index contributed by atoms with van der Waals surface area (Å²) < 4.78 is 0. The number of piperazine rings is 1. The third-order valence-electron chi connectivity index (χ3n) is 3.58. The van der Waals surface area contributed by atoms with Crippen LogP contribution in [0.15, 0.2) is 18.2 Å². The van der Waals surface area contributed by atoms with E-state index < -0.39 is 0 Å². The van der Waals surface area contributed by atoms with E-state index >= 15 is 0 Å². The first-order chi connectivity index (χ1) is 8.31. The van der Waals surface area contributed by atoms with E-state index in [2.05, 4.69) is 27.7 Å². The molecule has 0 aliphatic carbocycles. The van der Waals surface area contributed by atoms with Crippen molar-refractivity contribution in [2.45, 2.75) is 12.5 Å². The zero-order chi connectivity index (χ0) is 11.7. The van der Waals surface area contributed by atoms with Crippen LogP contribution in [0, 0.1) is 0 Å². The highest BCUT2D eigenvalue weighted by atomic mass is 35.5. The summed E-state index contributed by atoms with van der Waals surface area (Å²) in [7, 11) is 0. The minimum Gasteiger partial charge on any atom is -0.380 e. The van der Waals surface area contributed by atoms with Gasteiger partial charge in [-0.25, -0.2) is 0 Å². The van der Waals surface area contributed by atoms with Gasteiger partial charge in [-0.15, -0.1) is 0 Å².